The molecule has 4 atom stereocenters. The standard InChI is InChI=1S/C14H20F3N3O3S/c15-14(16,17)11-7-24-13(18-11)20-2-1-8(4-20)3-19-5-9(21)12(23)10(22)6-19/h7-10,12,21-23H,1-6H2/t8-,9-,10+,12+/m1/s1. The van der Waals surface area contributed by atoms with Crippen LogP contribution in [0, 0.1) is 5.92 Å². The van der Waals surface area contributed by atoms with E-state index in [-0.39, 0.29) is 19.0 Å². The Morgan fingerprint density at radius 1 is 1.17 bits per heavy atom. The maximum atomic E-state index is 12.6. The summed E-state index contributed by atoms with van der Waals surface area (Å²) < 4.78 is 37.9. The van der Waals surface area contributed by atoms with Gasteiger partial charge in [-0.1, -0.05) is 0 Å². The van der Waals surface area contributed by atoms with Gasteiger partial charge in [-0.15, -0.1) is 11.3 Å². The molecule has 24 heavy (non-hydrogen) atoms. The third-order valence-corrected chi connectivity index (χ3v) is 5.44. The average Bonchev–Trinajstić information content (AvgIpc) is 3.12. The third kappa shape index (κ3) is 3.83. The summed E-state index contributed by atoms with van der Waals surface area (Å²) in [4.78, 5) is 7.40. The normalized spacial score (nSPS) is 32.5. The number of aliphatic hydroxyl groups excluding tert-OH is 3. The predicted octanol–water partition coefficient (Wildman–Crippen LogP) is 0.387. The Kier molecular flexibility index (Phi) is 5.03. The molecule has 0 radical (unpaired) electrons. The van der Waals surface area contributed by atoms with Gasteiger partial charge in [-0.25, -0.2) is 4.98 Å². The van der Waals surface area contributed by atoms with E-state index in [2.05, 4.69) is 4.98 Å². The van der Waals surface area contributed by atoms with E-state index in [1.165, 1.54) is 0 Å². The highest BCUT2D eigenvalue weighted by molar-refractivity contribution is 7.13. The zero-order valence-corrected chi connectivity index (χ0v) is 13.7. The van der Waals surface area contributed by atoms with Crippen molar-refractivity contribution in [3.8, 4) is 0 Å². The quantitative estimate of drug-likeness (QED) is 0.717. The van der Waals surface area contributed by atoms with Gasteiger partial charge in [0.15, 0.2) is 10.8 Å². The monoisotopic (exact) mass is 367 g/mol. The van der Waals surface area contributed by atoms with Gasteiger partial charge in [-0.05, 0) is 12.3 Å². The van der Waals surface area contributed by atoms with Crippen LogP contribution in [0.4, 0.5) is 18.3 Å². The lowest BCUT2D eigenvalue weighted by atomic mass is 10.00. The molecular weight excluding hydrogens is 347 g/mol. The molecule has 3 N–H and O–H groups in total. The van der Waals surface area contributed by atoms with E-state index in [0.29, 0.717) is 24.8 Å². The first-order valence-electron chi connectivity index (χ1n) is 7.78. The van der Waals surface area contributed by atoms with Crippen LogP contribution in [0.2, 0.25) is 0 Å². The van der Waals surface area contributed by atoms with E-state index in [1.807, 2.05) is 9.80 Å². The van der Waals surface area contributed by atoms with E-state index in [1.54, 1.807) is 0 Å². The molecule has 0 saturated carbocycles. The number of aromatic nitrogens is 1. The largest absolute Gasteiger partial charge is 0.434 e. The molecule has 0 aromatic carbocycles. The molecule has 10 heteroatoms. The maximum Gasteiger partial charge on any atom is 0.434 e. The van der Waals surface area contributed by atoms with Crippen molar-refractivity contribution in [3.63, 3.8) is 0 Å². The zero-order chi connectivity index (χ0) is 17.5. The molecule has 2 fully saturated rings. The van der Waals surface area contributed by atoms with Gasteiger partial charge in [0.25, 0.3) is 0 Å². The molecule has 1 aromatic heterocycles. The second-order valence-electron chi connectivity index (χ2n) is 6.46. The number of thiazole rings is 1. The van der Waals surface area contributed by atoms with Crippen molar-refractivity contribution in [3.05, 3.63) is 11.1 Å². The molecule has 3 rings (SSSR count). The molecule has 0 aliphatic carbocycles. The van der Waals surface area contributed by atoms with Crippen molar-refractivity contribution in [2.75, 3.05) is 37.6 Å². The van der Waals surface area contributed by atoms with Crippen LogP contribution >= 0.6 is 11.3 Å². The summed E-state index contributed by atoms with van der Waals surface area (Å²) in [5, 5.41) is 30.4. The fourth-order valence-electron chi connectivity index (χ4n) is 3.29. The molecule has 2 aliphatic heterocycles. The van der Waals surface area contributed by atoms with Crippen molar-refractivity contribution in [2.45, 2.75) is 30.9 Å². The minimum Gasteiger partial charge on any atom is -0.389 e. The number of aliphatic hydroxyl groups is 3. The average molecular weight is 367 g/mol. The first kappa shape index (κ1) is 17.9. The fraction of sp³-hybridized carbons (Fsp3) is 0.786. The topological polar surface area (TPSA) is 80.1 Å². The van der Waals surface area contributed by atoms with Crippen molar-refractivity contribution in [1.29, 1.82) is 0 Å². The summed E-state index contributed by atoms with van der Waals surface area (Å²) in [7, 11) is 0. The number of alkyl halides is 3. The fourth-order valence-corrected chi connectivity index (χ4v) is 4.15. The van der Waals surface area contributed by atoms with Crippen LogP contribution in [0.5, 0.6) is 0 Å². The van der Waals surface area contributed by atoms with Gasteiger partial charge in [-0.2, -0.15) is 13.2 Å². The lowest BCUT2D eigenvalue weighted by Crippen LogP contribution is -2.56. The first-order valence-corrected chi connectivity index (χ1v) is 8.66. The molecule has 1 aromatic rings. The lowest BCUT2D eigenvalue weighted by Gasteiger charge is -2.37. The molecule has 2 aliphatic rings. The highest BCUT2D eigenvalue weighted by Crippen LogP contribution is 2.34. The van der Waals surface area contributed by atoms with Crippen LogP contribution in [-0.4, -0.2) is 76.2 Å². The molecule has 2 saturated heterocycles. The maximum absolute atomic E-state index is 12.6. The van der Waals surface area contributed by atoms with Gasteiger partial charge in [0, 0.05) is 38.1 Å². The number of halogens is 3. The van der Waals surface area contributed by atoms with Crippen LogP contribution in [0.25, 0.3) is 0 Å². The Balaban J connectivity index is 1.55. The summed E-state index contributed by atoms with van der Waals surface area (Å²) in [5.41, 5.74) is -0.859. The number of rotatable bonds is 3. The van der Waals surface area contributed by atoms with Gasteiger partial charge in [-0.3, -0.25) is 4.90 Å². The minimum atomic E-state index is -4.42. The van der Waals surface area contributed by atoms with Crippen molar-refractivity contribution >= 4 is 16.5 Å². The van der Waals surface area contributed by atoms with E-state index in [4.69, 9.17) is 0 Å². The van der Waals surface area contributed by atoms with Gasteiger partial charge in [0.1, 0.15) is 6.10 Å². The molecule has 0 bridgehead atoms. The van der Waals surface area contributed by atoms with E-state index < -0.39 is 30.2 Å². The van der Waals surface area contributed by atoms with Crippen molar-refractivity contribution < 1.29 is 28.5 Å². The number of piperidine rings is 1. The number of β-amino-alcohol motifs (C(OH)–C–C–N with tert-alkyl or cyclic N) is 2. The molecule has 136 valence electrons. The minimum absolute atomic E-state index is 0.220. The number of hydrogen-bond acceptors (Lipinski definition) is 7. The summed E-state index contributed by atoms with van der Waals surface area (Å²) in [5.74, 6) is 0.220. The molecule has 6 nitrogen and oxygen atoms in total. The number of hydrogen-bond donors (Lipinski definition) is 3. The Morgan fingerprint density at radius 3 is 2.42 bits per heavy atom. The third-order valence-electron chi connectivity index (χ3n) is 4.53. The number of nitrogens with zero attached hydrogens (tertiary/aromatic N) is 3. The number of anilines is 1. The summed E-state index contributed by atoms with van der Waals surface area (Å²) >= 11 is 0.991. The Labute approximate surface area is 141 Å². The van der Waals surface area contributed by atoms with Gasteiger partial charge in [0.05, 0.1) is 12.2 Å². The van der Waals surface area contributed by atoms with Crippen LogP contribution in [0.15, 0.2) is 5.38 Å². The summed E-state index contributed by atoms with van der Waals surface area (Å²) in [6, 6.07) is 0. The summed E-state index contributed by atoms with van der Waals surface area (Å²) in [6.07, 6.45) is -6.71. The predicted molar refractivity (Wildman–Crippen MR) is 81.9 cm³/mol. The van der Waals surface area contributed by atoms with Gasteiger partial charge < -0.3 is 20.2 Å². The van der Waals surface area contributed by atoms with Gasteiger partial charge in [0.2, 0.25) is 0 Å². The lowest BCUT2D eigenvalue weighted by molar-refractivity contribution is -0.140. The second kappa shape index (κ2) is 6.75. The van der Waals surface area contributed by atoms with Crippen molar-refractivity contribution in [1.82, 2.24) is 9.88 Å². The van der Waals surface area contributed by atoms with Crippen LogP contribution in [-0.2, 0) is 6.18 Å². The molecular formula is C14H20F3N3O3S. The molecule has 0 amide bonds. The first-order chi connectivity index (χ1) is 11.2. The van der Waals surface area contributed by atoms with Crippen molar-refractivity contribution in [2.24, 2.45) is 5.92 Å². The van der Waals surface area contributed by atoms with Gasteiger partial charge >= 0.3 is 6.18 Å². The molecule has 3 heterocycles. The SMILES string of the molecule is O[C@H]1[C@H](O)CN(C[C@H]2CCN(c3nc(C(F)(F)F)cs3)C2)C[C@@H]1O. The van der Waals surface area contributed by atoms with Crippen LogP contribution in [0.1, 0.15) is 12.1 Å². The summed E-state index contributed by atoms with van der Waals surface area (Å²) in [6.45, 7) is 2.41. The smallest absolute Gasteiger partial charge is 0.389 e. The van der Waals surface area contributed by atoms with E-state index in [9.17, 15) is 28.5 Å². The Hall–Kier alpha value is -0.940. The van der Waals surface area contributed by atoms with Crippen LogP contribution in [0.3, 0.4) is 0 Å². The number of likely N-dealkylation sites (tertiary alicyclic amines) is 1. The Morgan fingerprint density at radius 2 is 1.83 bits per heavy atom. The zero-order valence-electron chi connectivity index (χ0n) is 12.9. The van der Waals surface area contributed by atoms with E-state index >= 15 is 0 Å². The highest BCUT2D eigenvalue weighted by atomic mass is 32.1. The molecule has 0 unspecified atom stereocenters. The Bertz CT molecular complexity index is 559. The van der Waals surface area contributed by atoms with Crippen LogP contribution < -0.4 is 4.90 Å². The second-order valence-corrected chi connectivity index (χ2v) is 7.29. The van der Waals surface area contributed by atoms with E-state index in [0.717, 1.165) is 23.1 Å². The molecule has 0 spiro atoms. The highest BCUT2D eigenvalue weighted by Gasteiger charge is 2.37.